The number of hydrogen-bond donors (Lipinski definition) is 1. The van der Waals surface area contributed by atoms with Gasteiger partial charge in [-0.1, -0.05) is 48.5 Å². The van der Waals surface area contributed by atoms with Gasteiger partial charge >= 0.3 is 13.2 Å². The van der Waals surface area contributed by atoms with Crippen molar-refractivity contribution in [1.82, 2.24) is 5.32 Å². The third-order valence-electron chi connectivity index (χ3n) is 6.04. The maximum absolute atomic E-state index is 12.3. The Balaban J connectivity index is 1.50. The number of hydrogen-bond acceptors (Lipinski definition) is 5. The van der Waals surface area contributed by atoms with Crippen LogP contribution in [0.1, 0.15) is 38.8 Å². The summed E-state index contributed by atoms with van der Waals surface area (Å²) < 4.78 is 19.1. The number of ether oxygens (including phenoxy) is 1. The molecule has 0 bridgehead atoms. The first kappa shape index (κ1) is 22.6. The van der Waals surface area contributed by atoms with Crippen molar-refractivity contribution in [2.75, 3.05) is 6.54 Å². The Hall–Kier alpha value is -2.61. The zero-order valence-electron chi connectivity index (χ0n) is 18.9. The van der Waals surface area contributed by atoms with E-state index in [1.165, 1.54) is 10.1 Å². The van der Waals surface area contributed by atoms with E-state index in [1.54, 1.807) is 11.3 Å². The molecular formula is C25H28BNO4S. The van der Waals surface area contributed by atoms with Gasteiger partial charge in [0.05, 0.1) is 11.2 Å². The summed E-state index contributed by atoms with van der Waals surface area (Å²) in [5, 5.41) is 6.15. The number of rotatable bonds is 6. The first-order valence-corrected chi connectivity index (χ1v) is 11.6. The van der Waals surface area contributed by atoms with E-state index in [9.17, 15) is 4.79 Å². The standard InChI is InChI=1S/C25H28BNO4S/c1-24(2)25(3,4)31-26(30-24)21(14-19-10-11-20-12-13-32-22(20)15-19)16-27-23(28)29-17-18-8-6-5-7-9-18/h5-15H,16-17H2,1-4H3,(H,27,28). The van der Waals surface area contributed by atoms with Crippen molar-refractivity contribution in [3.8, 4) is 0 Å². The van der Waals surface area contributed by atoms with Crippen molar-refractivity contribution in [3.63, 3.8) is 0 Å². The first-order chi connectivity index (χ1) is 15.2. The van der Waals surface area contributed by atoms with Crippen LogP contribution in [-0.2, 0) is 20.7 Å². The van der Waals surface area contributed by atoms with Gasteiger partial charge < -0.3 is 19.4 Å². The minimum absolute atomic E-state index is 0.220. The van der Waals surface area contributed by atoms with E-state index in [0.29, 0.717) is 0 Å². The normalized spacial score (nSPS) is 17.5. The van der Waals surface area contributed by atoms with Crippen LogP contribution in [0, 0.1) is 0 Å². The Morgan fingerprint density at radius 3 is 2.50 bits per heavy atom. The number of thiophene rings is 1. The fraction of sp³-hybridized carbons (Fsp3) is 0.320. The van der Waals surface area contributed by atoms with Gasteiger partial charge in [-0.3, -0.25) is 0 Å². The van der Waals surface area contributed by atoms with Gasteiger partial charge in [0.2, 0.25) is 0 Å². The highest BCUT2D eigenvalue weighted by atomic mass is 32.1. The molecule has 0 aliphatic carbocycles. The number of carbonyl (C=O) groups is 1. The van der Waals surface area contributed by atoms with Gasteiger partial charge in [-0.25, -0.2) is 4.79 Å². The van der Waals surface area contributed by atoms with E-state index in [2.05, 4.69) is 35.0 Å². The second-order valence-corrected chi connectivity index (χ2v) is 9.89. The molecule has 7 heteroatoms. The molecule has 32 heavy (non-hydrogen) atoms. The molecule has 1 amide bonds. The van der Waals surface area contributed by atoms with E-state index in [0.717, 1.165) is 16.6 Å². The number of amides is 1. The third-order valence-corrected chi connectivity index (χ3v) is 6.92. The molecule has 1 aromatic heterocycles. The summed E-state index contributed by atoms with van der Waals surface area (Å²) in [5.41, 5.74) is 1.86. The van der Waals surface area contributed by atoms with Crippen LogP contribution in [0.5, 0.6) is 0 Å². The van der Waals surface area contributed by atoms with Crippen LogP contribution >= 0.6 is 11.3 Å². The SMILES string of the molecule is CC1(C)OB(C(=Cc2ccc3ccsc3c2)CNC(=O)OCc2ccccc2)OC1(C)C. The van der Waals surface area contributed by atoms with E-state index in [4.69, 9.17) is 14.0 Å². The quantitative estimate of drug-likeness (QED) is 0.480. The predicted molar refractivity (Wildman–Crippen MR) is 131 cm³/mol. The predicted octanol–water partition coefficient (Wildman–Crippen LogP) is 5.84. The fourth-order valence-corrected chi connectivity index (χ4v) is 4.26. The second-order valence-electron chi connectivity index (χ2n) is 8.94. The number of alkyl carbamates (subject to hydrolysis) is 1. The molecule has 0 spiro atoms. The topological polar surface area (TPSA) is 56.8 Å². The zero-order chi connectivity index (χ0) is 22.8. The number of carbonyl (C=O) groups excluding carboxylic acids is 1. The maximum atomic E-state index is 12.3. The van der Waals surface area contributed by atoms with Gasteiger partial charge in [0, 0.05) is 11.2 Å². The lowest BCUT2D eigenvalue weighted by Gasteiger charge is -2.32. The molecule has 1 aliphatic rings. The van der Waals surface area contributed by atoms with Crippen LogP contribution in [0.25, 0.3) is 16.2 Å². The Morgan fingerprint density at radius 2 is 1.78 bits per heavy atom. The fourth-order valence-electron chi connectivity index (χ4n) is 3.42. The molecule has 0 unspecified atom stereocenters. The molecule has 1 saturated heterocycles. The summed E-state index contributed by atoms with van der Waals surface area (Å²) in [4.78, 5) is 12.3. The first-order valence-electron chi connectivity index (χ1n) is 10.7. The average molecular weight is 449 g/mol. The lowest BCUT2D eigenvalue weighted by molar-refractivity contribution is 0.00578. The summed E-state index contributed by atoms with van der Waals surface area (Å²) in [6.45, 7) is 8.55. The van der Waals surface area contributed by atoms with Gasteiger partial charge in [-0.2, -0.15) is 0 Å². The molecule has 1 N–H and O–H groups in total. The molecule has 4 rings (SSSR count). The van der Waals surface area contributed by atoms with Crippen molar-refractivity contribution in [2.45, 2.75) is 45.5 Å². The van der Waals surface area contributed by atoms with Crippen molar-refractivity contribution in [1.29, 1.82) is 0 Å². The van der Waals surface area contributed by atoms with Crippen molar-refractivity contribution < 1.29 is 18.8 Å². The van der Waals surface area contributed by atoms with Gasteiger partial charge in [0.15, 0.2) is 0 Å². The van der Waals surface area contributed by atoms with Crippen LogP contribution in [0.3, 0.4) is 0 Å². The highest BCUT2D eigenvalue weighted by Gasteiger charge is 2.52. The van der Waals surface area contributed by atoms with E-state index >= 15 is 0 Å². The second kappa shape index (κ2) is 9.10. The number of fused-ring (bicyclic) bond motifs is 1. The van der Waals surface area contributed by atoms with E-state index in [1.807, 2.05) is 64.1 Å². The molecule has 2 aromatic carbocycles. The largest absolute Gasteiger partial charge is 0.492 e. The molecule has 5 nitrogen and oxygen atoms in total. The van der Waals surface area contributed by atoms with E-state index in [-0.39, 0.29) is 13.2 Å². The Bertz CT molecular complexity index is 1110. The van der Waals surface area contributed by atoms with Crippen molar-refractivity contribution in [2.24, 2.45) is 0 Å². The van der Waals surface area contributed by atoms with Gasteiger partial charge in [-0.05, 0) is 67.2 Å². The van der Waals surface area contributed by atoms with Crippen LogP contribution in [0.4, 0.5) is 4.79 Å². The molecule has 0 radical (unpaired) electrons. The minimum atomic E-state index is -0.562. The molecule has 2 heterocycles. The Morgan fingerprint density at radius 1 is 1.06 bits per heavy atom. The monoisotopic (exact) mass is 449 g/mol. The average Bonchev–Trinajstić information content (AvgIpc) is 3.31. The van der Waals surface area contributed by atoms with E-state index < -0.39 is 24.4 Å². The Labute approximate surface area is 193 Å². The molecule has 166 valence electrons. The van der Waals surface area contributed by atoms with Crippen LogP contribution in [0.15, 0.2) is 65.4 Å². The third kappa shape index (κ3) is 5.06. The summed E-state index contributed by atoms with van der Waals surface area (Å²) in [6.07, 6.45) is 1.55. The molecule has 1 fully saturated rings. The number of nitrogens with one attached hydrogen (secondary N) is 1. The summed E-state index contributed by atoms with van der Waals surface area (Å²) >= 11 is 1.70. The lowest BCUT2D eigenvalue weighted by Crippen LogP contribution is -2.41. The van der Waals surface area contributed by atoms with Gasteiger partial charge in [-0.15, -0.1) is 11.3 Å². The van der Waals surface area contributed by atoms with Crippen LogP contribution < -0.4 is 5.32 Å². The summed E-state index contributed by atoms with van der Waals surface area (Å²) in [6, 6.07) is 18.0. The number of benzene rings is 2. The van der Waals surface area contributed by atoms with Crippen molar-refractivity contribution in [3.05, 3.63) is 76.6 Å². The minimum Gasteiger partial charge on any atom is -0.445 e. The Kier molecular flexibility index (Phi) is 6.42. The lowest BCUT2D eigenvalue weighted by atomic mass is 9.77. The molecule has 3 aromatic rings. The van der Waals surface area contributed by atoms with Crippen LogP contribution in [-0.4, -0.2) is 31.0 Å². The maximum Gasteiger partial charge on any atom is 0.492 e. The molecular weight excluding hydrogens is 421 g/mol. The molecule has 0 atom stereocenters. The summed E-state index contributed by atoms with van der Waals surface area (Å²) in [7, 11) is -0.562. The van der Waals surface area contributed by atoms with Gasteiger partial charge in [0.25, 0.3) is 0 Å². The highest BCUT2D eigenvalue weighted by molar-refractivity contribution is 7.17. The van der Waals surface area contributed by atoms with Gasteiger partial charge in [0.1, 0.15) is 6.61 Å². The molecule has 1 aliphatic heterocycles. The summed E-state index contributed by atoms with van der Waals surface area (Å²) in [5.74, 6) is 0. The zero-order valence-corrected chi connectivity index (χ0v) is 19.7. The van der Waals surface area contributed by atoms with Crippen LogP contribution in [0.2, 0.25) is 0 Å². The van der Waals surface area contributed by atoms with Crippen molar-refractivity contribution >= 4 is 40.7 Å². The smallest absolute Gasteiger partial charge is 0.445 e. The highest BCUT2D eigenvalue weighted by Crippen LogP contribution is 2.39. The molecule has 0 saturated carbocycles.